The van der Waals surface area contributed by atoms with Gasteiger partial charge in [0.25, 0.3) is 0 Å². The Morgan fingerprint density at radius 2 is 1.67 bits per heavy atom. The summed E-state index contributed by atoms with van der Waals surface area (Å²) in [4.78, 5) is 0. The molecule has 0 aliphatic carbocycles. The van der Waals surface area contributed by atoms with E-state index in [2.05, 4.69) is 51.1 Å². The quantitative estimate of drug-likeness (QED) is 0.582. The Kier molecular flexibility index (Phi) is 4.87. The molecule has 84 valence electrons. The first-order valence-corrected chi connectivity index (χ1v) is 6.18. The summed E-state index contributed by atoms with van der Waals surface area (Å²) in [5.74, 6) is 0. The Balaban J connectivity index is 2.18. The summed E-state index contributed by atoms with van der Waals surface area (Å²) in [6.07, 6.45) is 6.57. The summed E-state index contributed by atoms with van der Waals surface area (Å²) in [6, 6.07) is 10.8. The summed E-state index contributed by atoms with van der Waals surface area (Å²) in [7, 11) is 0. The van der Waals surface area contributed by atoms with Gasteiger partial charge in [-0.25, -0.2) is 0 Å². The third kappa shape index (κ3) is 5.01. The van der Waals surface area contributed by atoms with Gasteiger partial charge in [-0.2, -0.15) is 0 Å². The van der Waals surface area contributed by atoms with Gasteiger partial charge in [0.1, 0.15) is 0 Å². The lowest BCUT2D eigenvalue weighted by atomic mass is 9.84. The van der Waals surface area contributed by atoms with E-state index in [1.165, 1.54) is 37.7 Å². The van der Waals surface area contributed by atoms with Crippen molar-refractivity contribution in [2.24, 2.45) is 5.41 Å². The van der Waals surface area contributed by atoms with Crippen LogP contribution in [0.4, 0.5) is 0 Å². The van der Waals surface area contributed by atoms with E-state index in [1.54, 1.807) is 0 Å². The van der Waals surface area contributed by atoms with Crippen molar-refractivity contribution in [3.8, 4) is 0 Å². The molecule has 0 aliphatic rings. The van der Waals surface area contributed by atoms with Gasteiger partial charge < -0.3 is 0 Å². The van der Waals surface area contributed by atoms with Crippen molar-refractivity contribution in [1.29, 1.82) is 0 Å². The lowest BCUT2D eigenvalue weighted by Gasteiger charge is -2.22. The third-order valence-corrected chi connectivity index (χ3v) is 3.37. The molecule has 0 bridgehead atoms. The van der Waals surface area contributed by atoms with Gasteiger partial charge in [-0.15, -0.1) is 0 Å². The van der Waals surface area contributed by atoms with Crippen LogP contribution in [0, 0.1) is 5.41 Å². The van der Waals surface area contributed by atoms with Crippen molar-refractivity contribution in [3.05, 3.63) is 35.9 Å². The number of benzene rings is 1. The van der Waals surface area contributed by atoms with Crippen molar-refractivity contribution < 1.29 is 0 Å². The van der Waals surface area contributed by atoms with Crippen molar-refractivity contribution in [2.45, 2.75) is 52.9 Å². The van der Waals surface area contributed by atoms with Crippen LogP contribution in [0.5, 0.6) is 0 Å². The molecular weight excluding hydrogens is 180 g/mol. The molecule has 1 aromatic carbocycles. The highest BCUT2D eigenvalue weighted by Crippen LogP contribution is 2.27. The zero-order valence-electron chi connectivity index (χ0n) is 10.4. The minimum Gasteiger partial charge on any atom is -0.0649 e. The van der Waals surface area contributed by atoms with Gasteiger partial charge in [0.2, 0.25) is 0 Å². The minimum atomic E-state index is 0.538. The van der Waals surface area contributed by atoms with Crippen LogP contribution < -0.4 is 0 Å². The molecule has 0 aliphatic heterocycles. The van der Waals surface area contributed by atoms with Crippen molar-refractivity contribution in [3.63, 3.8) is 0 Å². The topological polar surface area (TPSA) is 0 Å². The van der Waals surface area contributed by atoms with Crippen LogP contribution in [0.15, 0.2) is 30.3 Å². The first-order chi connectivity index (χ1) is 7.14. The monoisotopic (exact) mass is 204 g/mol. The van der Waals surface area contributed by atoms with Gasteiger partial charge in [0.15, 0.2) is 0 Å². The molecule has 1 rings (SSSR count). The van der Waals surface area contributed by atoms with Crippen LogP contribution in [0.1, 0.15) is 52.0 Å². The molecule has 0 heteroatoms. The highest BCUT2D eigenvalue weighted by atomic mass is 14.2. The minimum absolute atomic E-state index is 0.538. The maximum atomic E-state index is 2.37. The van der Waals surface area contributed by atoms with E-state index in [9.17, 15) is 0 Å². The van der Waals surface area contributed by atoms with Crippen LogP contribution >= 0.6 is 0 Å². The van der Waals surface area contributed by atoms with Crippen LogP contribution in [0.25, 0.3) is 0 Å². The average molecular weight is 204 g/mol. The van der Waals surface area contributed by atoms with Gasteiger partial charge in [-0.3, -0.25) is 0 Å². The Hall–Kier alpha value is -0.780. The number of unbranched alkanes of at least 4 members (excludes halogenated alkanes) is 1. The van der Waals surface area contributed by atoms with Crippen LogP contribution in [0.2, 0.25) is 0 Å². The molecule has 0 nitrogen and oxygen atoms in total. The molecule has 0 spiro atoms. The van der Waals surface area contributed by atoms with Crippen LogP contribution in [-0.4, -0.2) is 0 Å². The standard InChI is InChI=1S/C15H24/c1-4-15(2,3)13-9-8-12-14-10-6-5-7-11-14/h5-7,10-11H,4,8-9,12-13H2,1-3H3. The fourth-order valence-electron chi connectivity index (χ4n) is 1.75. The molecule has 0 aromatic heterocycles. The Labute approximate surface area is 94.7 Å². The van der Waals surface area contributed by atoms with Crippen LogP contribution in [-0.2, 0) is 6.42 Å². The SMILES string of the molecule is CCC(C)(C)CCCCc1ccccc1. The predicted octanol–water partition coefficient (Wildman–Crippen LogP) is 4.84. The molecule has 0 fully saturated rings. The number of rotatable bonds is 6. The number of hydrogen-bond donors (Lipinski definition) is 0. The van der Waals surface area contributed by atoms with E-state index < -0.39 is 0 Å². The van der Waals surface area contributed by atoms with Crippen molar-refractivity contribution in [1.82, 2.24) is 0 Å². The zero-order valence-corrected chi connectivity index (χ0v) is 10.4. The summed E-state index contributed by atoms with van der Waals surface area (Å²) >= 11 is 0. The fourth-order valence-corrected chi connectivity index (χ4v) is 1.75. The van der Waals surface area contributed by atoms with E-state index in [1.807, 2.05) is 0 Å². The molecule has 0 N–H and O–H groups in total. The molecular formula is C15H24. The normalized spacial score (nSPS) is 11.7. The smallest absolute Gasteiger partial charge is 0.0279 e. The Morgan fingerprint density at radius 3 is 2.27 bits per heavy atom. The number of aryl methyl sites for hydroxylation is 1. The van der Waals surface area contributed by atoms with E-state index in [0.717, 1.165) is 0 Å². The zero-order chi connectivity index (χ0) is 11.1. The third-order valence-electron chi connectivity index (χ3n) is 3.37. The molecule has 0 radical (unpaired) electrons. The summed E-state index contributed by atoms with van der Waals surface area (Å²) in [5, 5.41) is 0. The van der Waals surface area contributed by atoms with Gasteiger partial charge >= 0.3 is 0 Å². The maximum Gasteiger partial charge on any atom is -0.0279 e. The number of hydrogen-bond acceptors (Lipinski definition) is 0. The average Bonchev–Trinajstić information content (AvgIpc) is 2.26. The highest BCUT2D eigenvalue weighted by molar-refractivity contribution is 5.14. The molecule has 0 amide bonds. The van der Waals surface area contributed by atoms with Crippen molar-refractivity contribution >= 4 is 0 Å². The van der Waals surface area contributed by atoms with Crippen molar-refractivity contribution in [2.75, 3.05) is 0 Å². The molecule has 0 heterocycles. The first kappa shape index (κ1) is 12.3. The van der Waals surface area contributed by atoms with E-state index in [-0.39, 0.29) is 0 Å². The largest absolute Gasteiger partial charge is 0.0649 e. The summed E-state index contributed by atoms with van der Waals surface area (Å²) in [5.41, 5.74) is 2.02. The second kappa shape index (κ2) is 5.95. The highest BCUT2D eigenvalue weighted by Gasteiger charge is 2.13. The Bertz CT molecular complexity index is 259. The van der Waals surface area contributed by atoms with E-state index in [4.69, 9.17) is 0 Å². The first-order valence-electron chi connectivity index (χ1n) is 6.18. The molecule has 0 saturated heterocycles. The fraction of sp³-hybridized carbons (Fsp3) is 0.600. The van der Waals surface area contributed by atoms with E-state index >= 15 is 0 Å². The second-order valence-electron chi connectivity index (χ2n) is 5.21. The molecule has 1 aromatic rings. The second-order valence-corrected chi connectivity index (χ2v) is 5.21. The van der Waals surface area contributed by atoms with Gasteiger partial charge in [0, 0.05) is 0 Å². The molecule has 0 saturated carbocycles. The molecule has 15 heavy (non-hydrogen) atoms. The lowest BCUT2D eigenvalue weighted by Crippen LogP contribution is -2.09. The summed E-state index contributed by atoms with van der Waals surface area (Å²) in [6.45, 7) is 7.03. The predicted molar refractivity (Wildman–Crippen MR) is 68.1 cm³/mol. The van der Waals surface area contributed by atoms with Gasteiger partial charge in [0.05, 0.1) is 0 Å². The lowest BCUT2D eigenvalue weighted by molar-refractivity contribution is 0.309. The molecule has 0 atom stereocenters. The molecule has 0 unspecified atom stereocenters. The van der Waals surface area contributed by atoms with Gasteiger partial charge in [-0.05, 0) is 30.2 Å². The van der Waals surface area contributed by atoms with E-state index in [0.29, 0.717) is 5.41 Å². The Morgan fingerprint density at radius 1 is 1.00 bits per heavy atom. The summed E-state index contributed by atoms with van der Waals surface area (Å²) < 4.78 is 0. The maximum absolute atomic E-state index is 2.37. The van der Waals surface area contributed by atoms with Crippen LogP contribution in [0.3, 0.4) is 0 Å². The van der Waals surface area contributed by atoms with Gasteiger partial charge in [-0.1, -0.05) is 63.9 Å².